The standard InChI is InChI=1S/C10H19NO/c1-4-6-10(5-2)11-8-7-9(3)12/h1,9-12H,5-8H2,2-3H3. The summed E-state index contributed by atoms with van der Waals surface area (Å²) in [6.07, 6.45) is 7.59. The van der Waals surface area contributed by atoms with E-state index in [1.165, 1.54) is 0 Å². The average molecular weight is 169 g/mol. The fourth-order valence-electron chi connectivity index (χ4n) is 0.999. The Morgan fingerprint density at radius 1 is 1.58 bits per heavy atom. The van der Waals surface area contributed by atoms with Crippen LogP contribution in [-0.2, 0) is 0 Å². The molecular weight excluding hydrogens is 150 g/mol. The minimum Gasteiger partial charge on any atom is -0.393 e. The summed E-state index contributed by atoms with van der Waals surface area (Å²) in [7, 11) is 0. The van der Waals surface area contributed by atoms with Gasteiger partial charge in [-0.25, -0.2) is 0 Å². The molecular formula is C10H19NO. The number of aliphatic hydroxyl groups excluding tert-OH is 1. The van der Waals surface area contributed by atoms with Crippen LogP contribution in [0, 0.1) is 12.3 Å². The van der Waals surface area contributed by atoms with Crippen molar-refractivity contribution in [1.82, 2.24) is 5.32 Å². The zero-order chi connectivity index (χ0) is 9.40. The van der Waals surface area contributed by atoms with Crippen LogP contribution in [0.3, 0.4) is 0 Å². The summed E-state index contributed by atoms with van der Waals surface area (Å²) in [5, 5.41) is 12.3. The molecule has 0 rings (SSSR count). The summed E-state index contributed by atoms with van der Waals surface area (Å²) in [4.78, 5) is 0. The molecule has 2 unspecified atom stereocenters. The molecule has 0 aliphatic heterocycles. The Bertz CT molecular complexity index is 137. The van der Waals surface area contributed by atoms with Gasteiger partial charge in [-0.2, -0.15) is 0 Å². The highest BCUT2D eigenvalue weighted by Crippen LogP contribution is 1.96. The molecule has 0 spiro atoms. The number of hydrogen-bond donors (Lipinski definition) is 2. The molecule has 0 bridgehead atoms. The van der Waals surface area contributed by atoms with Gasteiger partial charge in [-0.3, -0.25) is 0 Å². The van der Waals surface area contributed by atoms with Crippen LogP contribution in [-0.4, -0.2) is 23.8 Å². The Morgan fingerprint density at radius 2 is 2.25 bits per heavy atom. The summed E-state index contributed by atoms with van der Waals surface area (Å²) in [6, 6.07) is 0.411. The predicted octanol–water partition coefficient (Wildman–Crippen LogP) is 1.15. The van der Waals surface area contributed by atoms with Gasteiger partial charge in [0.05, 0.1) is 6.10 Å². The lowest BCUT2D eigenvalue weighted by molar-refractivity contribution is 0.182. The molecule has 12 heavy (non-hydrogen) atoms. The fourth-order valence-corrected chi connectivity index (χ4v) is 0.999. The molecule has 0 fully saturated rings. The highest BCUT2D eigenvalue weighted by atomic mass is 16.3. The lowest BCUT2D eigenvalue weighted by Crippen LogP contribution is -2.30. The first kappa shape index (κ1) is 11.5. The van der Waals surface area contributed by atoms with Crippen molar-refractivity contribution >= 4 is 0 Å². The van der Waals surface area contributed by atoms with E-state index in [0.29, 0.717) is 6.04 Å². The molecule has 0 aromatic carbocycles. The van der Waals surface area contributed by atoms with Gasteiger partial charge in [-0.1, -0.05) is 6.92 Å². The van der Waals surface area contributed by atoms with Crippen LogP contribution in [0.4, 0.5) is 0 Å². The van der Waals surface area contributed by atoms with Crippen molar-refractivity contribution in [3.05, 3.63) is 0 Å². The van der Waals surface area contributed by atoms with Gasteiger partial charge in [0.1, 0.15) is 0 Å². The third-order valence-electron chi connectivity index (χ3n) is 1.85. The third kappa shape index (κ3) is 6.21. The van der Waals surface area contributed by atoms with Crippen LogP contribution in [0.15, 0.2) is 0 Å². The Morgan fingerprint density at radius 3 is 2.67 bits per heavy atom. The van der Waals surface area contributed by atoms with Gasteiger partial charge in [-0.15, -0.1) is 12.3 Å². The minimum atomic E-state index is -0.221. The SMILES string of the molecule is C#CCC(CC)NCCC(C)O. The number of hydrogen-bond acceptors (Lipinski definition) is 2. The quantitative estimate of drug-likeness (QED) is 0.585. The molecule has 0 aromatic rings. The number of aliphatic hydroxyl groups is 1. The van der Waals surface area contributed by atoms with Crippen LogP contribution in [0.2, 0.25) is 0 Å². The molecule has 70 valence electrons. The van der Waals surface area contributed by atoms with Crippen molar-refractivity contribution in [3.8, 4) is 12.3 Å². The predicted molar refractivity (Wildman–Crippen MR) is 51.8 cm³/mol. The van der Waals surface area contributed by atoms with E-state index in [2.05, 4.69) is 18.2 Å². The maximum Gasteiger partial charge on any atom is 0.0524 e. The summed E-state index contributed by atoms with van der Waals surface area (Å²) < 4.78 is 0. The number of terminal acetylenes is 1. The van der Waals surface area contributed by atoms with E-state index >= 15 is 0 Å². The van der Waals surface area contributed by atoms with Crippen molar-refractivity contribution < 1.29 is 5.11 Å². The number of nitrogens with one attached hydrogen (secondary N) is 1. The smallest absolute Gasteiger partial charge is 0.0524 e. The topological polar surface area (TPSA) is 32.3 Å². The van der Waals surface area contributed by atoms with E-state index < -0.39 is 0 Å². The van der Waals surface area contributed by atoms with Crippen LogP contribution in [0.1, 0.15) is 33.1 Å². The summed E-state index contributed by atoms with van der Waals surface area (Å²) in [5.74, 6) is 2.63. The van der Waals surface area contributed by atoms with E-state index in [9.17, 15) is 0 Å². The van der Waals surface area contributed by atoms with E-state index in [4.69, 9.17) is 11.5 Å². The largest absolute Gasteiger partial charge is 0.393 e. The monoisotopic (exact) mass is 169 g/mol. The minimum absolute atomic E-state index is 0.221. The van der Waals surface area contributed by atoms with Gasteiger partial charge in [0.2, 0.25) is 0 Å². The fraction of sp³-hybridized carbons (Fsp3) is 0.800. The Hall–Kier alpha value is -0.520. The summed E-state index contributed by atoms with van der Waals surface area (Å²) >= 11 is 0. The summed E-state index contributed by atoms with van der Waals surface area (Å²) in [5.41, 5.74) is 0. The van der Waals surface area contributed by atoms with Crippen molar-refractivity contribution in [2.75, 3.05) is 6.54 Å². The lowest BCUT2D eigenvalue weighted by Gasteiger charge is -2.14. The highest BCUT2D eigenvalue weighted by Gasteiger charge is 2.03. The average Bonchev–Trinajstić information content (AvgIpc) is 2.02. The van der Waals surface area contributed by atoms with Crippen LogP contribution >= 0.6 is 0 Å². The molecule has 0 heterocycles. The van der Waals surface area contributed by atoms with Gasteiger partial charge in [0.25, 0.3) is 0 Å². The molecule has 0 saturated carbocycles. The van der Waals surface area contributed by atoms with Crippen molar-refractivity contribution in [2.24, 2.45) is 0 Å². The maximum atomic E-state index is 8.99. The molecule has 0 aromatic heterocycles. The van der Waals surface area contributed by atoms with Crippen molar-refractivity contribution in [3.63, 3.8) is 0 Å². The maximum absolute atomic E-state index is 8.99. The molecule has 2 heteroatoms. The van der Waals surface area contributed by atoms with E-state index in [-0.39, 0.29) is 6.10 Å². The van der Waals surface area contributed by atoms with Crippen molar-refractivity contribution in [1.29, 1.82) is 0 Å². The van der Waals surface area contributed by atoms with Gasteiger partial charge in [-0.05, 0) is 26.3 Å². The molecule has 0 amide bonds. The van der Waals surface area contributed by atoms with Gasteiger partial charge < -0.3 is 10.4 Å². The van der Waals surface area contributed by atoms with Crippen LogP contribution in [0.25, 0.3) is 0 Å². The van der Waals surface area contributed by atoms with Crippen LogP contribution < -0.4 is 5.32 Å². The second-order valence-electron chi connectivity index (χ2n) is 3.11. The summed E-state index contributed by atoms with van der Waals surface area (Å²) in [6.45, 7) is 4.75. The third-order valence-corrected chi connectivity index (χ3v) is 1.85. The second kappa shape index (κ2) is 7.15. The zero-order valence-corrected chi connectivity index (χ0v) is 8.01. The molecule has 2 atom stereocenters. The highest BCUT2D eigenvalue weighted by molar-refractivity contribution is 4.89. The molecule has 0 aliphatic rings. The molecule has 0 saturated heterocycles. The lowest BCUT2D eigenvalue weighted by atomic mass is 10.1. The first-order chi connectivity index (χ1) is 5.70. The van der Waals surface area contributed by atoms with Crippen molar-refractivity contribution in [2.45, 2.75) is 45.3 Å². The molecule has 2 nitrogen and oxygen atoms in total. The molecule has 0 radical (unpaired) electrons. The molecule has 0 aliphatic carbocycles. The molecule has 2 N–H and O–H groups in total. The normalized spacial score (nSPS) is 15.2. The first-order valence-corrected chi connectivity index (χ1v) is 4.55. The van der Waals surface area contributed by atoms with E-state index in [1.54, 1.807) is 6.92 Å². The van der Waals surface area contributed by atoms with E-state index in [1.807, 2.05) is 0 Å². The Balaban J connectivity index is 3.39. The van der Waals surface area contributed by atoms with Gasteiger partial charge in [0, 0.05) is 12.5 Å². The Labute approximate surface area is 75.4 Å². The second-order valence-corrected chi connectivity index (χ2v) is 3.11. The number of rotatable bonds is 6. The van der Waals surface area contributed by atoms with E-state index in [0.717, 1.165) is 25.8 Å². The van der Waals surface area contributed by atoms with Crippen LogP contribution in [0.5, 0.6) is 0 Å². The van der Waals surface area contributed by atoms with Gasteiger partial charge in [0.15, 0.2) is 0 Å². The van der Waals surface area contributed by atoms with Gasteiger partial charge >= 0.3 is 0 Å². The zero-order valence-electron chi connectivity index (χ0n) is 8.01. The Kier molecular flexibility index (Phi) is 6.84. The first-order valence-electron chi connectivity index (χ1n) is 4.55.